The third-order valence-corrected chi connectivity index (χ3v) is 14.2. The van der Waals surface area contributed by atoms with E-state index in [0.29, 0.717) is 12.8 Å². The molecular weight excluding hydrogens is 589 g/mol. The molecule has 3 unspecified atom stereocenters. The molecule has 0 aromatic heterocycles. The quantitative estimate of drug-likeness (QED) is 0.152. The number of rotatable bonds is 12. The van der Waals surface area contributed by atoms with Gasteiger partial charge in [-0.2, -0.15) is 0 Å². The molecule has 2 N–H and O–H groups in total. The molecule has 0 heterocycles. The number of benzene rings is 3. The Morgan fingerprint density at radius 1 is 1.00 bits per heavy atom. The lowest BCUT2D eigenvalue weighted by Gasteiger charge is -2.36. The van der Waals surface area contributed by atoms with Gasteiger partial charge in [0.25, 0.3) is 0 Å². The topological polar surface area (TPSA) is 94.1 Å². The average molecular weight is 636 g/mol. The summed E-state index contributed by atoms with van der Waals surface area (Å²) in [5.41, 5.74) is 5.48. The van der Waals surface area contributed by atoms with Crippen LogP contribution < -0.4 is 9.74 Å². The van der Waals surface area contributed by atoms with Crippen LogP contribution in [0.15, 0.2) is 84.7 Å². The van der Waals surface area contributed by atoms with Gasteiger partial charge in [-0.1, -0.05) is 94.4 Å². The summed E-state index contributed by atoms with van der Waals surface area (Å²) in [5.74, 6) is 1.89. The van der Waals surface area contributed by atoms with Crippen molar-refractivity contribution < 1.29 is 27.9 Å². The van der Waals surface area contributed by atoms with E-state index in [1.54, 1.807) is 6.92 Å². The Hall–Kier alpha value is -3.16. The van der Waals surface area contributed by atoms with Crippen molar-refractivity contribution in [1.29, 1.82) is 0 Å². The Morgan fingerprint density at radius 2 is 1.57 bits per heavy atom. The second kappa shape index (κ2) is 13.9. The first-order valence-corrected chi connectivity index (χ1v) is 19.8. The minimum Gasteiger partial charge on any atom is -0.544 e. The normalized spacial score (nSPS) is 16.1. The molecule has 1 amide bonds. The summed E-state index contributed by atoms with van der Waals surface area (Å²) < 4.78 is 30.2. The molecule has 0 radical (unpaired) electrons. The van der Waals surface area contributed by atoms with E-state index in [0.717, 1.165) is 39.4 Å². The fourth-order valence-electron chi connectivity index (χ4n) is 4.93. The van der Waals surface area contributed by atoms with Crippen LogP contribution in [0.3, 0.4) is 0 Å². The lowest BCUT2D eigenvalue weighted by molar-refractivity contribution is 0.140. The molecule has 0 spiro atoms. The van der Waals surface area contributed by atoms with Gasteiger partial charge < -0.3 is 23.9 Å². The second-order valence-electron chi connectivity index (χ2n) is 13.0. The zero-order valence-corrected chi connectivity index (χ0v) is 28.8. The van der Waals surface area contributed by atoms with Crippen LogP contribution in [0.2, 0.25) is 18.1 Å². The highest BCUT2D eigenvalue weighted by Gasteiger charge is 2.39. The monoisotopic (exact) mass is 635 g/mol. The highest BCUT2D eigenvalue weighted by atomic mass is 31.2. The first-order valence-electron chi connectivity index (χ1n) is 15.3. The Labute approximate surface area is 263 Å². The van der Waals surface area contributed by atoms with Crippen molar-refractivity contribution in [2.45, 2.75) is 83.7 Å². The van der Waals surface area contributed by atoms with E-state index in [9.17, 15) is 14.3 Å². The number of amides is 1. The third kappa shape index (κ3) is 8.51. The first-order chi connectivity index (χ1) is 20.7. The highest BCUT2D eigenvalue weighted by Crippen LogP contribution is 2.46. The molecule has 1 aliphatic carbocycles. The lowest BCUT2D eigenvalue weighted by atomic mass is 9.98. The van der Waals surface area contributed by atoms with Crippen LogP contribution in [0, 0.1) is 0 Å². The molecule has 0 aliphatic heterocycles. The van der Waals surface area contributed by atoms with Crippen molar-refractivity contribution >= 4 is 22.0 Å². The van der Waals surface area contributed by atoms with E-state index in [-0.39, 0.29) is 23.7 Å². The predicted molar refractivity (Wildman–Crippen MR) is 180 cm³/mol. The Bertz CT molecular complexity index is 1470. The number of alkyl carbamates (subject to hydrolysis) is 1. The van der Waals surface area contributed by atoms with E-state index in [4.69, 9.17) is 13.7 Å². The number of nitrogens with one attached hydrogen (secondary N) is 1. The van der Waals surface area contributed by atoms with Gasteiger partial charge in [0.15, 0.2) is 0 Å². The van der Waals surface area contributed by atoms with Crippen molar-refractivity contribution in [3.8, 4) is 16.9 Å². The molecule has 3 atom stereocenters. The van der Waals surface area contributed by atoms with Crippen LogP contribution >= 0.6 is 7.60 Å². The number of ether oxygens (including phenoxy) is 1. The third-order valence-electron chi connectivity index (χ3n) is 8.62. The van der Waals surface area contributed by atoms with Crippen molar-refractivity contribution in [3.63, 3.8) is 0 Å². The maximum Gasteiger partial charge on any atom is 0.407 e. The van der Waals surface area contributed by atoms with Crippen LogP contribution in [0.25, 0.3) is 11.1 Å². The smallest absolute Gasteiger partial charge is 0.407 e. The fourth-order valence-corrected chi connectivity index (χ4v) is 7.13. The standard InChI is InChI=1S/C35H46NO6PSi/c1-8-25(2)41-43(38,39)22-21-27(23-26-17-19-28(20-18-26)42-44(6,7)35(3,4)5)36-34(37)40-24-33-31-15-11-9-13-29(31)30-14-10-12-16-32(30)33/h9-22,25,27,33H,8,23-24H2,1-7H3,(H,36,37)(H,38,39). The molecule has 0 fully saturated rings. The Morgan fingerprint density at radius 3 is 2.11 bits per heavy atom. The lowest BCUT2D eigenvalue weighted by Crippen LogP contribution is -2.43. The van der Waals surface area contributed by atoms with Crippen LogP contribution in [-0.2, 0) is 20.2 Å². The zero-order chi connectivity index (χ0) is 32.1. The van der Waals surface area contributed by atoms with Gasteiger partial charge in [-0.15, -0.1) is 0 Å². The van der Waals surface area contributed by atoms with E-state index >= 15 is 0 Å². The summed E-state index contributed by atoms with van der Waals surface area (Å²) in [7, 11) is -6.00. The average Bonchev–Trinajstić information content (AvgIpc) is 3.28. The molecule has 1 aliphatic rings. The minimum atomic E-state index is -4.01. The van der Waals surface area contributed by atoms with Gasteiger partial charge in [0.05, 0.1) is 12.1 Å². The van der Waals surface area contributed by atoms with Gasteiger partial charge in [-0.25, -0.2) is 4.79 Å². The summed E-state index contributed by atoms with van der Waals surface area (Å²) in [6.07, 6.45) is 1.52. The molecule has 9 heteroatoms. The fraction of sp³-hybridized carbons (Fsp3) is 0.400. The zero-order valence-electron chi connectivity index (χ0n) is 26.9. The highest BCUT2D eigenvalue weighted by molar-refractivity contribution is 7.56. The van der Waals surface area contributed by atoms with Gasteiger partial charge in [0, 0.05) is 11.7 Å². The van der Waals surface area contributed by atoms with Gasteiger partial charge in [0.1, 0.15) is 12.4 Å². The SMILES string of the molecule is CCC(C)OP(=O)(O)C=CC(Cc1ccc(O[Si](C)(C)C(C)(C)C)cc1)NC(=O)OCC1c2ccccc2-c2ccccc21. The summed E-state index contributed by atoms with van der Waals surface area (Å²) in [4.78, 5) is 23.5. The maximum atomic E-state index is 13.1. The van der Waals surface area contributed by atoms with Crippen molar-refractivity contribution in [1.82, 2.24) is 5.32 Å². The van der Waals surface area contributed by atoms with Crippen molar-refractivity contribution in [2.24, 2.45) is 0 Å². The van der Waals surface area contributed by atoms with Crippen LogP contribution in [-0.4, -0.2) is 38.1 Å². The van der Waals surface area contributed by atoms with Gasteiger partial charge in [0.2, 0.25) is 8.32 Å². The maximum absolute atomic E-state index is 13.1. The number of fused-ring (bicyclic) bond motifs is 3. The summed E-state index contributed by atoms with van der Waals surface area (Å²) >= 11 is 0. The Balaban J connectivity index is 1.47. The van der Waals surface area contributed by atoms with Gasteiger partial charge >= 0.3 is 13.7 Å². The molecule has 0 saturated carbocycles. The Kier molecular flexibility index (Phi) is 10.6. The summed E-state index contributed by atoms with van der Waals surface area (Å²) in [6.45, 7) is 14.8. The van der Waals surface area contributed by atoms with Gasteiger partial charge in [-0.3, -0.25) is 4.57 Å². The van der Waals surface area contributed by atoms with E-state index in [1.807, 2.05) is 55.5 Å². The van der Waals surface area contributed by atoms with Gasteiger partial charge in [-0.05, 0) is 77.8 Å². The minimum absolute atomic E-state index is 0.0721. The molecule has 4 rings (SSSR count). The van der Waals surface area contributed by atoms with Crippen LogP contribution in [0.4, 0.5) is 4.79 Å². The van der Waals surface area contributed by atoms with E-state index in [1.165, 1.54) is 6.08 Å². The molecule has 44 heavy (non-hydrogen) atoms. The molecule has 7 nitrogen and oxygen atoms in total. The second-order valence-corrected chi connectivity index (χ2v) is 19.4. The molecule has 0 bridgehead atoms. The molecule has 3 aromatic rings. The van der Waals surface area contributed by atoms with Crippen molar-refractivity contribution in [3.05, 3.63) is 101 Å². The molecular formula is C35H46NO6PSi. The van der Waals surface area contributed by atoms with Crippen molar-refractivity contribution in [2.75, 3.05) is 6.61 Å². The van der Waals surface area contributed by atoms with Crippen LogP contribution in [0.5, 0.6) is 5.75 Å². The predicted octanol–water partition coefficient (Wildman–Crippen LogP) is 9.03. The number of carbonyl (C=O) groups excluding carboxylic acids is 1. The summed E-state index contributed by atoms with van der Waals surface area (Å²) in [6, 6.07) is 23.5. The van der Waals surface area contributed by atoms with E-state index in [2.05, 4.69) is 63.4 Å². The molecule has 236 valence electrons. The number of hydrogen-bond donors (Lipinski definition) is 2. The number of carbonyl (C=O) groups is 1. The first kappa shape index (κ1) is 33.7. The summed E-state index contributed by atoms with van der Waals surface area (Å²) in [5, 5.41) is 2.96. The largest absolute Gasteiger partial charge is 0.544 e. The molecule has 0 saturated heterocycles. The molecule has 3 aromatic carbocycles. The number of hydrogen-bond acceptors (Lipinski definition) is 5. The van der Waals surface area contributed by atoms with Crippen LogP contribution in [0.1, 0.15) is 63.6 Å². The van der Waals surface area contributed by atoms with E-state index < -0.39 is 28.0 Å².